The van der Waals surface area contributed by atoms with E-state index in [0.717, 1.165) is 6.07 Å². The van der Waals surface area contributed by atoms with E-state index in [9.17, 15) is 18.0 Å². The zero-order valence-electron chi connectivity index (χ0n) is 11.5. The third-order valence-electron chi connectivity index (χ3n) is 3.00. The second-order valence-electron chi connectivity index (χ2n) is 4.51. The number of hydrogen-bond acceptors (Lipinski definition) is 3. The average molecular weight is 311 g/mol. The van der Waals surface area contributed by atoms with Crippen molar-refractivity contribution in [1.82, 2.24) is 4.98 Å². The van der Waals surface area contributed by atoms with Gasteiger partial charge in [-0.3, -0.25) is 4.79 Å². The second-order valence-corrected chi connectivity index (χ2v) is 4.51. The standard InChI is InChI=1S/C15H12F3NO3/c1-22-14-9(7-13(20)21)6-10(8-19-14)11-4-2-3-5-12(11)15(16,17)18/h2-6,8H,7H2,1H3,(H,20,21). The number of alkyl halides is 3. The highest BCUT2D eigenvalue weighted by Crippen LogP contribution is 2.37. The van der Waals surface area contributed by atoms with Gasteiger partial charge in [0.15, 0.2) is 0 Å². The van der Waals surface area contributed by atoms with Gasteiger partial charge >= 0.3 is 12.1 Å². The lowest BCUT2D eigenvalue weighted by Crippen LogP contribution is -2.08. The van der Waals surface area contributed by atoms with Crippen molar-refractivity contribution in [3.05, 3.63) is 47.7 Å². The molecule has 0 saturated carbocycles. The number of rotatable bonds is 4. The van der Waals surface area contributed by atoms with Gasteiger partial charge < -0.3 is 9.84 Å². The van der Waals surface area contributed by atoms with Crippen LogP contribution in [-0.2, 0) is 17.4 Å². The molecule has 0 radical (unpaired) electrons. The van der Waals surface area contributed by atoms with Gasteiger partial charge in [-0.1, -0.05) is 18.2 Å². The largest absolute Gasteiger partial charge is 0.481 e. The number of halogens is 3. The van der Waals surface area contributed by atoms with Gasteiger partial charge in [-0.2, -0.15) is 13.2 Å². The molecule has 2 aromatic rings. The van der Waals surface area contributed by atoms with Crippen molar-refractivity contribution in [2.45, 2.75) is 12.6 Å². The molecule has 0 bridgehead atoms. The van der Waals surface area contributed by atoms with Crippen molar-refractivity contribution in [2.75, 3.05) is 7.11 Å². The number of benzene rings is 1. The number of nitrogens with zero attached hydrogens (tertiary/aromatic N) is 1. The van der Waals surface area contributed by atoms with E-state index >= 15 is 0 Å². The van der Waals surface area contributed by atoms with Crippen LogP contribution in [0.15, 0.2) is 36.5 Å². The van der Waals surface area contributed by atoms with Crippen molar-refractivity contribution < 1.29 is 27.8 Å². The molecule has 4 nitrogen and oxygen atoms in total. The molecule has 0 spiro atoms. The monoisotopic (exact) mass is 311 g/mol. The van der Waals surface area contributed by atoms with E-state index in [1.807, 2.05) is 0 Å². The molecule has 0 unspecified atom stereocenters. The molecule has 1 aromatic heterocycles. The number of methoxy groups -OCH3 is 1. The molecule has 0 fully saturated rings. The van der Waals surface area contributed by atoms with Crippen molar-refractivity contribution >= 4 is 5.97 Å². The molecule has 0 atom stereocenters. The summed E-state index contributed by atoms with van der Waals surface area (Å²) in [6.45, 7) is 0. The Balaban J connectivity index is 2.57. The third-order valence-corrected chi connectivity index (χ3v) is 3.00. The first-order valence-electron chi connectivity index (χ1n) is 6.24. The van der Waals surface area contributed by atoms with Crippen molar-refractivity contribution in [1.29, 1.82) is 0 Å². The zero-order valence-corrected chi connectivity index (χ0v) is 11.5. The predicted octanol–water partition coefficient (Wildman–Crippen LogP) is 3.40. The third kappa shape index (κ3) is 3.36. The smallest absolute Gasteiger partial charge is 0.417 e. The van der Waals surface area contributed by atoms with Gasteiger partial charge in [-0.25, -0.2) is 4.98 Å². The Kier molecular flexibility index (Phi) is 4.35. The van der Waals surface area contributed by atoms with Gasteiger partial charge in [0.25, 0.3) is 0 Å². The molecule has 1 heterocycles. The van der Waals surface area contributed by atoms with Crippen molar-refractivity contribution in [3.8, 4) is 17.0 Å². The number of aliphatic carboxylic acids is 1. The lowest BCUT2D eigenvalue weighted by molar-refractivity contribution is -0.137. The molecule has 0 saturated heterocycles. The van der Waals surface area contributed by atoms with E-state index in [4.69, 9.17) is 9.84 Å². The maximum Gasteiger partial charge on any atom is 0.417 e. The summed E-state index contributed by atoms with van der Waals surface area (Å²) in [6, 6.07) is 6.41. The van der Waals surface area contributed by atoms with Gasteiger partial charge in [-0.15, -0.1) is 0 Å². The highest BCUT2D eigenvalue weighted by molar-refractivity contribution is 5.74. The van der Waals surface area contributed by atoms with Gasteiger partial charge in [0.2, 0.25) is 5.88 Å². The number of carbonyl (C=O) groups is 1. The molecule has 2 rings (SSSR count). The zero-order chi connectivity index (χ0) is 16.3. The fraction of sp³-hybridized carbons (Fsp3) is 0.200. The van der Waals surface area contributed by atoms with Crippen LogP contribution >= 0.6 is 0 Å². The fourth-order valence-electron chi connectivity index (χ4n) is 2.10. The van der Waals surface area contributed by atoms with Crippen LogP contribution in [0.1, 0.15) is 11.1 Å². The first-order valence-corrected chi connectivity index (χ1v) is 6.24. The number of aromatic nitrogens is 1. The van der Waals surface area contributed by atoms with E-state index in [1.54, 1.807) is 0 Å². The number of ether oxygens (including phenoxy) is 1. The van der Waals surface area contributed by atoms with Crippen LogP contribution < -0.4 is 4.74 Å². The molecular formula is C15H12F3NO3. The number of carboxylic acids is 1. The quantitative estimate of drug-likeness (QED) is 0.940. The summed E-state index contributed by atoms with van der Waals surface area (Å²) in [5.74, 6) is -1.04. The van der Waals surface area contributed by atoms with Crippen molar-refractivity contribution in [3.63, 3.8) is 0 Å². The summed E-state index contributed by atoms with van der Waals surface area (Å²) >= 11 is 0. The molecule has 1 aromatic carbocycles. The second kappa shape index (κ2) is 6.05. The van der Waals surface area contributed by atoms with Crippen LogP contribution in [0, 0.1) is 0 Å². The Morgan fingerprint density at radius 3 is 2.59 bits per heavy atom. The Labute approximate surface area is 124 Å². The minimum atomic E-state index is -4.51. The molecule has 0 aliphatic rings. The minimum Gasteiger partial charge on any atom is -0.481 e. The summed E-state index contributed by atoms with van der Waals surface area (Å²) in [7, 11) is 1.32. The van der Waals surface area contributed by atoms with Gasteiger partial charge in [0, 0.05) is 17.3 Å². The number of carboxylic acid groups (broad SMARTS) is 1. The SMILES string of the molecule is COc1ncc(-c2ccccc2C(F)(F)F)cc1CC(=O)O. The first-order chi connectivity index (χ1) is 10.3. The van der Waals surface area contributed by atoms with Gasteiger partial charge in [-0.05, 0) is 17.7 Å². The Hall–Kier alpha value is -2.57. The molecule has 116 valence electrons. The maximum atomic E-state index is 13.1. The summed E-state index contributed by atoms with van der Waals surface area (Å²) < 4.78 is 44.1. The highest BCUT2D eigenvalue weighted by atomic mass is 19.4. The van der Waals surface area contributed by atoms with E-state index in [0.29, 0.717) is 0 Å². The lowest BCUT2D eigenvalue weighted by atomic mass is 9.99. The average Bonchev–Trinajstić information content (AvgIpc) is 2.45. The molecular weight excluding hydrogens is 299 g/mol. The van der Waals surface area contributed by atoms with Crippen LogP contribution in [0.5, 0.6) is 5.88 Å². The van der Waals surface area contributed by atoms with Crippen LogP contribution in [0.2, 0.25) is 0 Å². The highest BCUT2D eigenvalue weighted by Gasteiger charge is 2.33. The van der Waals surface area contributed by atoms with Crippen LogP contribution in [0.3, 0.4) is 0 Å². The predicted molar refractivity (Wildman–Crippen MR) is 72.6 cm³/mol. The number of pyridine rings is 1. The Morgan fingerprint density at radius 2 is 2.00 bits per heavy atom. The maximum absolute atomic E-state index is 13.1. The van der Waals surface area contributed by atoms with Crippen LogP contribution in [0.25, 0.3) is 11.1 Å². The summed E-state index contributed by atoms with van der Waals surface area (Å²) in [6.07, 6.45) is -3.67. The van der Waals surface area contributed by atoms with E-state index in [1.165, 1.54) is 37.6 Å². The number of hydrogen-bond donors (Lipinski definition) is 1. The molecule has 1 N–H and O–H groups in total. The van der Waals surface area contributed by atoms with Crippen LogP contribution in [-0.4, -0.2) is 23.2 Å². The Bertz CT molecular complexity index is 699. The topological polar surface area (TPSA) is 59.4 Å². The van der Waals surface area contributed by atoms with Crippen molar-refractivity contribution in [2.24, 2.45) is 0 Å². The summed E-state index contributed by atoms with van der Waals surface area (Å²) in [4.78, 5) is 14.7. The molecule has 0 aliphatic heterocycles. The summed E-state index contributed by atoms with van der Waals surface area (Å²) in [5.41, 5.74) is -0.463. The van der Waals surface area contributed by atoms with E-state index < -0.39 is 24.1 Å². The molecule has 0 aliphatic carbocycles. The fourth-order valence-corrected chi connectivity index (χ4v) is 2.10. The molecule has 7 heteroatoms. The van der Waals surface area contributed by atoms with Gasteiger partial charge in [0.05, 0.1) is 19.1 Å². The van der Waals surface area contributed by atoms with Gasteiger partial charge in [0.1, 0.15) is 0 Å². The lowest BCUT2D eigenvalue weighted by Gasteiger charge is -2.14. The Morgan fingerprint density at radius 1 is 1.32 bits per heavy atom. The van der Waals surface area contributed by atoms with Crippen LogP contribution in [0.4, 0.5) is 13.2 Å². The van der Waals surface area contributed by atoms with E-state index in [-0.39, 0.29) is 22.6 Å². The van der Waals surface area contributed by atoms with E-state index in [2.05, 4.69) is 4.98 Å². The summed E-state index contributed by atoms with van der Waals surface area (Å²) in [5, 5.41) is 8.87. The minimum absolute atomic E-state index is 0.0585. The molecule has 0 amide bonds. The first kappa shape index (κ1) is 15.8. The normalized spacial score (nSPS) is 11.3. The molecule has 22 heavy (non-hydrogen) atoms.